The van der Waals surface area contributed by atoms with E-state index in [1.54, 1.807) is 6.26 Å². The first-order chi connectivity index (χ1) is 5.71. The molecular weight excluding hydrogens is 152 g/mol. The second-order valence-corrected chi connectivity index (χ2v) is 3.62. The molecule has 3 nitrogen and oxygen atoms in total. The van der Waals surface area contributed by atoms with Crippen LogP contribution in [-0.2, 0) is 5.54 Å². The van der Waals surface area contributed by atoms with Gasteiger partial charge in [-0.15, -0.1) is 0 Å². The molecule has 1 aromatic heterocycles. The standard InChI is InChI=1S/C9H14N2O/c1-7-11-8(6-12-7)9(10)4-2-3-5-9/h6H,2-5,10H2,1H3. The Balaban J connectivity index is 2.28. The van der Waals surface area contributed by atoms with Gasteiger partial charge in [0.25, 0.3) is 0 Å². The molecule has 1 aromatic rings. The third-order valence-corrected chi connectivity index (χ3v) is 2.62. The number of hydrogen-bond donors (Lipinski definition) is 1. The Kier molecular flexibility index (Phi) is 1.68. The van der Waals surface area contributed by atoms with E-state index in [9.17, 15) is 0 Å². The first kappa shape index (κ1) is 7.80. The highest BCUT2D eigenvalue weighted by Crippen LogP contribution is 2.35. The highest BCUT2D eigenvalue weighted by atomic mass is 16.3. The van der Waals surface area contributed by atoms with Gasteiger partial charge in [0.2, 0.25) is 0 Å². The van der Waals surface area contributed by atoms with Gasteiger partial charge in [0.15, 0.2) is 5.89 Å². The zero-order chi connectivity index (χ0) is 8.60. The summed E-state index contributed by atoms with van der Waals surface area (Å²) >= 11 is 0. The molecule has 0 spiro atoms. The largest absolute Gasteiger partial charge is 0.449 e. The molecule has 0 aliphatic heterocycles. The van der Waals surface area contributed by atoms with Gasteiger partial charge in [0, 0.05) is 6.92 Å². The van der Waals surface area contributed by atoms with Crippen LogP contribution >= 0.6 is 0 Å². The van der Waals surface area contributed by atoms with Crippen molar-refractivity contribution in [1.29, 1.82) is 0 Å². The van der Waals surface area contributed by atoms with Gasteiger partial charge in [0.1, 0.15) is 6.26 Å². The number of aromatic nitrogens is 1. The van der Waals surface area contributed by atoms with Crippen molar-refractivity contribution in [2.24, 2.45) is 5.73 Å². The van der Waals surface area contributed by atoms with Gasteiger partial charge in [0.05, 0.1) is 11.2 Å². The molecule has 0 aromatic carbocycles. The van der Waals surface area contributed by atoms with Crippen molar-refractivity contribution >= 4 is 0 Å². The Hall–Kier alpha value is -0.830. The normalized spacial score (nSPS) is 21.5. The molecule has 1 saturated carbocycles. The molecule has 1 aliphatic carbocycles. The highest BCUT2D eigenvalue weighted by Gasteiger charge is 2.33. The number of nitrogens with two attached hydrogens (primary N) is 1. The van der Waals surface area contributed by atoms with Crippen LogP contribution in [0.2, 0.25) is 0 Å². The molecule has 0 unspecified atom stereocenters. The molecule has 0 bridgehead atoms. The Bertz CT molecular complexity index is 274. The maximum Gasteiger partial charge on any atom is 0.191 e. The third-order valence-electron chi connectivity index (χ3n) is 2.62. The minimum atomic E-state index is -0.197. The summed E-state index contributed by atoms with van der Waals surface area (Å²) in [6.45, 7) is 1.85. The summed E-state index contributed by atoms with van der Waals surface area (Å²) in [4.78, 5) is 4.27. The minimum Gasteiger partial charge on any atom is -0.449 e. The van der Waals surface area contributed by atoms with Gasteiger partial charge in [-0.1, -0.05) is 12.8 Å². The first-order valence-corrected chi connectivity index (χ1v) is 4.42. The smallest absolute Gasteiger partial charge is 0.191 e. The maximum absolute atomic E-state index is 6.17. The maximum atomic E-state index is 6.17. The van der Waals surface area contributed by atoms with E-state index in [0.717, 1.165) is 18.5 Å². The van der Waals surface area contributed by atoms with E-state index in [0.29, 0.717) is 5.89 Å². The van der Waals surface area contributed by atoms with Crippen LogP contribution in [0.25, 0.3) is 0 Å². The van der Waals surface area contributed by atoms with E-state index >= 15 is 0 Å². The lowest BCUT2D eigenvalue weighted by molar-refractivity contribution is 0.443. The third kappa shape index (κ3) is 1.14. The Morgan fingerprint density at radius 2 is 2.17 bits per heavy atom. The molecule has 1 heterocycles. The lowest BCUT2D eigenvalue weighted by atomic mass is 9.96. The summed E-state index contributed by atoms with van der Waals surface area (Å²) in [6.07, 6.45) is 6.20. The van der Waals surface area contributed by atoms with Crippen LogP contribution in [0.15, 0.2) is 10.7 Å². The van der Waals surface area contributed by atoms with Crippen molar-refractivity contribution in [3.8, 4) is 0 Å². The van der Waals surface area contributed by atoms with Crippen molar-refractivity contribution < 1.29 is 4.42 Å². The minimum absolute atomic E-state index is 0.197. The van der Waals surface area contributed by atoms with E-state index in [1.807, 2.05) is 6.92 Å². The summed E-state index contributed by atoms with van der Waals surface area (Å²) in [7, 11) is 0. The van der Waals surface area contributed by atoms with Gasteiger partial charge < -0.3 is 10.2 Å². The quantitative estimate of drug-likeness (QED) is 0.691. The molecule has 1 aliphatic rings. The topological polar surface area (TPSA) is 52.0 Å². The summed E-state index contributed by atoms with van der Waals surface area (Å²) in [5.41, 5.74) is 6.90. The average molecular weight is 166 g/mol. The van der Waals surface area contributed by atoms with Gasteiger partial charge in [-0.2, -0.15) is 0 Å². The van der Waals surface area contributed by atoms with Crippen LogP contribution in [0.3, 0.4) is 0 Å². The molecule has 0 saturated heterocycles. The summed E-state index contributed by atoms with van der Waals surface area (Å²) in [6, 6.07) is 0. The summed E-state index contributed by atoms with van der Waals surface area (Å²) < 4.78 is 5.15. The molecule has 12 heavy (non-hydrogen) atoms. The number of aryl methyl sites for hydroxylation is 1. The van der Waals surface area contributed by atoms with Crippen LogP contribution in [0.5, 0.6) is 0 Å². The zero-order valence-corrected chi connectivity index (χ0v) is 7.34. The predicted octanol–water partition coefficient (Wildman–Crippen LogP) is 1.71. The van der Waals surface area contributed by atoms with Gasteiger partial charge >= 0.3 is 0 Å². The molecule has 66 valence electrons. The second-order valence-electron chi connectivity index (χ2n) is 3.62. The van der Waals surface area contributed by atoms with Crippen molar-refractivity contribution in [2.75, 3.05) is 0 Å². The first-order valence-electron chi connectivity index (χ1n) is 4.42. The molecule has 0 atom stereocenters. The summed E-state index contributed by atoms with van der Waals surface area (Å²) in [5.74, 6) is 0.710. The lowest BCUT2D eigenvalue weighted by Gasteiger charge is -2.19. The zero-order valence-electron chi connectivity index (χ0n) is 7.34. The van der Waals surface area contributed by atoms with Crippen LogP contribution in [0.1, 0.15) is 37.3 Å². The monoisotopic (exact) mass is 166 g/mol. The molecule has 0 amide bonds. The molecular formula is C9H14N2O. The van der Waals surface area contributed by atoms with Gasteiger partial charge in [-0.05, 0) is 12.8 Å². The fraction of sp³-hybridized carbons (Fsp3) is 0.667. The van der Waals surface area contributed by atoms with E-state index in [2.05, 4.69) is 4.98 Å². The van der Waals surface area contributed by atoms with E-state index in [1.165, 1.54) is 12.8 Å². The predicted molar refractivity (Wildman–Crippen MR) is 45.6 cm³/mol. The number of hydrogen-bond acceptors (Lipinski definition) is 3. The lowest BCUT2D eigenvalue weighted by Crippen LogP contribution is -2.33. The fourth-order valence-electron chi connectivity index (χ4n) is 1.85. The van der Waals surface area contributed by atoms with Crippen LogP contribution in [0, 0.1) is 6.92 Å². The molecule has 1 fully saturated rings. The molecule has 0 radical (unpaired) electrons. The van der Waals surface area contributed by atoms with Gasteiger partial charge in [-0.3, -0.25) is 0 Å². The fourth-order valence-corrected chi connectivity index (χ4v) is 1.85. The highest BCUT2D eigenvalue weighted by molar-refractivity contribution is 5.12. The summed E-state index contributed by atoms with van der Waals surface area (Å²) in [5, 5.41) is 0. The molecule has 2 rings (SSSR count). The van der Waals surface area contributed by atoms with Crippen molar-refractivity contribution in [2.45, 2.75) is 38.1 Å². The second kappa shape index (κ2) is 2.59. The number of rotatable bonds is 1. The van der Waals surface area contributed by atoms with Crippen molar-refractivity contribution in [3.05, 3.63) is 17.8 Å². The van der Waals surface area contributed by atoms with Crippen LogP contribution < -0.4 is 5.73 Å². The molecule has 3 heteroatoms. The Labute approximate surface area is 72.0 Å². The Morgan fingerprint density at radius 3 is 2.67 bits per heavy atom. The van der Waals surface area contributed by atoms with Crippen molar-refractivity contribution in [1.82, 2.24) is 4.98 Å². The molecule has 2 N–H and O–H groups in total. The van der Waals surface area contributed by atoms with E-state index < -0.39 is 0 Å². The number of oxazole rings is 1. The van der Waals surface area contributed by atoms with Crippen molar-refractivity contribution in [3.63, 3.8) is 0 Å². The SMILES string of the molecule is Cc1nc(C2(N)CCCC2)co1. The van der Waals surface area contributed by atoms with E-state index in [-0.39, 0.29) is 5.54 Å². The van der Waals surface area contributed by atoms with Gasteiger partial charge in [-0.25, -0.2) is 4.98 Å². The van der Waals surface area contributed by atoms with E-state index in [4.69, 9.17) is 10.2 Å². The average Bonchev–Trinajstić information content (AvgIpc) is 2.59. The van der Waals surface area contributed by atoms with Crippen LogP contribution in [0.4, 0.5) is 0 Å². The Morgan fingerprint density at radius 1 is 1.50 bits per heavy atom. The number of nitrogens with zero attached hydrogens (tertiary/aromatic N) is 1. The van der Waals surface area contributed by atoms with Crippen LogP contribution in [-0.4, -0.2) is 4.98 Å².